The Morgan fingerprint density at radius 1 is 1.25 bits per heavy atom. The number of carbonyl (C=O) groups is 1. The molecule has 1 aliphatic carbocycles. The van der Waals surface area contributed by atoms with Crippen LogP contribution in [0.4, 0.5) is 14.5 Å². The molecule has 1 aliphatic heterocycles. The van der Waals surface area contributed by atoms with E-state index in [2.05, 4.69) is 16.8 Å². The maximum absolute atomic E-state index is 13.0. The fraction of sp³-hybridized carbons (Fsp3) is 0.520. The molecule has 32 heavy (non-hydrogen) atoms. The van der Waals surface area contributed by atoms with Crippen LogP contribution in [0.5, 0.6) is 11.6 Å². The van der Waals surface area contributed by atoms with Gasteiger partial charge in [0.25, 0.3) is 0 Å². The number of hydrogen-bond donors (Lipinski definition) is 0. The summed E-state index contributed by atoms with van der Waals surface area (Å²) < 4.78 is 37.8. The Bertz CT molecular complexity index is 927. The highest BCUT2D eigenvalue weighted by Gasteiger charge is 2.45. The highest BCUT2D eigenvalue weighted by molar-refractivity contribution is 5.76. The van der Waals surface area contributed by atoms with Crippen LogP contribution in [0, 0.1) is 5.92 Å². The van der Waals surface area contributed by atoms with Gasteiger partial charge in [-0.25, -0.2) is 13.8 Å². The second kappa shape index (κ2) is 9.43. The van der Waals surface area contributed by atoms with Gasteiger partial charge in [0.2, 0.25) is 11.8 Å². The molecule has 7 heteroatoms. The van der Waals surface area contributed by atoms with Crippen molar-refractivity contribution in [2.75, 3.05) is 24.6 Å². The fourth-order valence-electron chi connectivity index (χ4n) is 4.46. The fourth-order valence-corrected chi connectivity index (χ4v) is 4.46. The lowest BCUT2D eigenvalue weighted by Crippen LogP contribution is -2.38. The van der Waals surface area contributed by atoms with E-state index in [1.54, 1.807) is 13.1 Å². The lowest BCUT2D eigenvalue weighted by molar-refractivity contribution is -0.119. The van der Waals surface area contributed by atoms with Crippen LogP contribution in [0.2, 0.25) is 0 Å². The number of alkyl halides is 2. The Labute approximate surface area is 187 Å². The van der Waals surface area contributed by atoms with Crippen molar-refractivity contribution in [3.05, 3.63) is 48.2 Å². The van der Waals surface area contributed by atoms with Gasteiger partial charge in [-0.15, -0.1) is 0 Å². The summed E-state index contributed by atoms with van der Waals surface area (Å²) in [5.41, 5.74) is 2.13. The van der Waals surface area contributed by atoms with Gasteiger partial charge in [-0.2, -0.15) is 0 Å². The molecule has 1 aromatic heterocycles. The molecule has 0 bridgehead atoms. The molecule has 0 radical (unpaired) electrons. The van der Waals surface area contributed by atoms with Gasteiger partial charge in [0.05, 0.1) is 13.2 Å². The number of carbonyl (C=O) groups excluding carboxylic acids is 1. The van der Waals surface area contributed by atoms with E-state index in [0.717, 1.165) is 36.5 Å². The average Bonchev–Trinajstić information content (AvgIpc) is 3.19. The predicted molar refractivity (Wildman–Crippen MR) is 119 cm³/mol. The molecule has 5 nitrogen and oxygen atoms in total. The highest BCUT2D eigenvalue weighted by atomic mass is 19.3. The molecular formula is C25H30F2N2O3. The Morgan fingerprint density at radius 2 is 2.00 bits per heavy atom. The molecule has 0 unspecified atom stereocenters. The first-order chi connectivity index (χ1) is 15.3. The SMILES string of the molecule is CC(=O)C[C@@H](C)c1ccc(O[C@@H]2CCN(c3ccnc(OCC4CC(F)(F)C4)c3)C2)cc1. The van der Waals surface area contributed by atoms with Gasteiger partial charge in [0.1, 0.15) is 17.6 Å². The summed E-state index contributed by atoms with van der Waals surface area (Å²) in [7, 11) is 0. The third-order valence-corrected chi connectivity index (χ3v) is 6.22. The minimum Gasteiger partial charge on any atom is -0.489 e. The second-order valence-corrected chi connectivity index (χ2v) is 9.14. The molecule has 172 valence electrons. The lowest BCUT2D eigenvalue weighted by atomic mass is 9.82. The molecule has 1 aromatic carbocycles. The number of nitrogens with zero attached hydrogens (tertiary/aromatic N) is 2. The number of pyridine rings is 1. The van der Waals surface area contributed by atoms with Gasteiger partial charge in [-0.05, 0) is 36.6 Å². The summed E-state index contributed by atoms with van der Waals surface area (Å²) in [5.74, 6) is -0.938. The molecule has 0 N–H and O–H groups in total. The van der Waals surface area contributed by atoms with Crippen molar-refractivity contribution < 1.29 is 23.0 Å². The maximum atomic E-state index is 13.0. The first kappa shape index (κ1) is 22.5. The lowest BCUT2D eigenvalue weighted by Gasteiger charge is -2.34. The molecule has 1 saturated carbocycles. The van der Waals surface area contributed by atoms with Crippen molar-refractivity contribution in [2.24, 2.45) is 5.92 Å². The largest absolute Gasteiger partial charge is 0.489 e. The van der Waals surface area contributed by atoms with E-state index in [1.807, 2.05) is 36.4 Å². The van der Waals surface area contributed by atoms with Crippen molar-refractivity contribution in [3.8, 4) is 11.6 Å². The molecule has 1 saturated heterocycles. The molecule has 0 amide bonds. The summed E-state index contributed by atoms with van der Waals surface area (Å²) in [6.45, 7) is 5.56. The molecule has 2 heterocycles. The predicted octanol–water partition coefficient (Wildman–Crippen LogP) is 5.25. The number of Topliss-reactive ketones (excluding diaryl/α,β-unsaturated/α-hetero) is 1. The summed E-state index contributed by atoms with van der Waals surface area (Å²) in [4.78, 5) is 17.8. The quantitative estimate of drug-likeness (QED) is 0.529. The molecule has 2 aliphatic rings. The average molecular weight is 445 g/mol. The number of rotatable bonds is 9. The van der Waals surface area contributed by atoms with E-state index in [1.165, 1.54) is 0 Å². The monoisotopic (exact) mass is 444 g/mol. The molecule has 2 fully saturated rings. The van der Waals surface area contributed by atoms with Gasteiger partial charge >= 0.3 is 0 Å². The first-order valence-corrected chi connectivity index (χ1v) is 11.2. The summed E-state index contributed by atoms with van der Waals surface area (Å²) >= 11 is 0. The van der Waals surface area contributed by atoms with E-state index in [-0.39, 0.29) is 43.2 Å². The van der Waals surface area contributed by atoms with Crippen molar-refractivity contribution >= 4 is 11.5 Å². The number of halogens is 2. The normalized spacial score (nSPS) is 21.1. The highest BCUT2D eigenvalue weighted by Crippen LogP contribution is 2.42. The van der Waals surface area contributed by atoms with Gasteiger partial charge < -0.3 is 19.2 Å². The summed E-state index contributed by atoms with van der Waals surface area (Å²) in [5, 5.41) is 0. The topological polar surface area (TPSA) is 51.7 Å². The first-order valence-electron chi connectivity index (χ1n) is 11.2. The Kier molecular flexibility index (Phi) is 6.63. The van der Waals surface area contributed by atoms with Gasteiger partial charge in [-0.1, -0.05) is 19.1 Å². The number of ether oxygens (including phenoxy) is 2. The minimum absolute atomic E-state index is 0.0743. The van der Waals surface area contributed by atoms with E-state index >= 15 is 0 Å². The third kappa shape index (κ3) is 5.75. The number of ketones is 1. The Balaban J connectivity index is 1.27. The zero-order chi connectivity index (χ0) is 22.7. The Hall–Kier alpha value is -2.70. The van der Waals surface area contributed by atoms with Crippen LogP contribution < -0.4 is 14.4 Å². The van der Waals surface area contributed by atoms with E-state index in [4.69, 9.17) is 9.47 Å². The summed E-state index contributed by atoms with van der Waals surface area (Å²) in [6, 6.07) is 11.8. The smallest absolute Gasteiger partial charge is 0.248 e. The molecule has 2 aromatic rings. The number of aromatic nitrogens is 1. The second-order valence-electron chi connectivity index (χ2n) is 9.14. The molecular weight excluding hydrogens is 414 g/mol. The molecule has 2 atom stereocenters. The van der Waals surface area contributed by atoms with Crippen molar-refractivity contribution in [3.63, 3.8) is 0 Å². The van der Waals surface area contributed by atoms with Gasteiger partial charge in [0, 0.05) is 56.1 Å². The maximum Gasteiger partial charge on any atom is 0.248 e. The van der Waals surface area contributed by atoms with E-state index < -0.39 is 5.92 Å². The minimum atomic E-state index is -2.53. The standard InChI is InChI=1S/C25H30F2N2O3/c1-17(11-18(2)30)20-3-5-22(6-4-20)32-23-8-10-29(15-23)21-7-9-28-24(12-21)31-16-19-13-25(26,27)14-19/h3-7,9,12,17,19,23H,8,10-11,13-16H2,1-2H3/t17-,23-/m1/s1. The van der Waals surface area contributed by atoms with Crippen LogP contribution in [0.25, 0.3) is 0 Å². The van der Waals surface area contributed by atoms with Crippen molar-refractivity contribution in [1.82, 2.24) is 4.98 Å². The van der Waals surface area contributed by atoms with Crippen LogP contribution in [0.1, 0.15) is 51.0 Å². The van der Waals surface area contributed by atoms with Crippen LogP contribution in [-0.4, -0.2) is 42.5 Å². The van der Waals surface area contributed by atoms with E-state index in [0.29, 0.717) is 12.3 Å². The van der Waals surface area contributed by atoms with Crippen LogP contribution in [0.3, 0.4) is 0 Å². The Morgan fingerprint density at radius 3 is 2.69 bits per heavy atom. The van der Waals surface area contributed by atoms with E-state index in [9.17, 15) is 13.6 Å². The van der Waals surface area contributed by atoms with Crippen molar-refractivity contribution in [1.29, 1.82) is 0 Å². The number of anilines is 1. The molecule has 4 rings (SSSR count). The third-order valence-electron chi connectivity index (χ3n) is 6.22. The zero-order valence-corrected chi connectivity index (χ0v) is 18.6. The van der Waals surface area contributed by atoms with Crippen LogP contribution in [0.15, 0.2) is 42.6 Å². The molecule has 0 spiro atoms. The number of hydrogen-bond acceptors (Lipinski definition) is 5. The van der Waals surface area contributed by atoms with Crippen molar-refractivity contribution in [2.45, 2.75) is 57.5 Å². The van der Waals surface area contributed by atoms with Crippen LogP contribution >= 0.6 is 0 Å². The van der Waals surface area contributed by atoms with Crippen LogP contribution in [-0.2, 0) is 4.79 Å². The van der Waals surface area contributed by atoms with Gasteiger partial charge in [-0.3, -0.25) is 0 Å². The summed E-state index contributed by atoms with van der Waals surface area (Å²) in [6.07, 6.45) is 3.00. The van der Waals surface area contributed by atoms with Gasteiger partial charge in [0.15, 0.2) is 0 Å². The number of benzene rings is 1. The zero-order valence-electron chi connectivity index (χ0n) is 18.6.